The van der Waals surface area contributed by atoms with Crippen molar-refractivity contribution in [1.29, 1.82) is 0 Å². The highest BCUT2D eigenvalue weighted by molar-refractivity contribution is 9.10. The molecular formula is C13H13BrN2O2S. The lowest BCUT2D eigenvalue weighted by Gasteiger charge is -2.07. The highest BCUT2D eigenvalue weighted by Crippen LogP contribution is 2.28. The Hall–Kier alpha value is -1.14. The Labute approximate surface area is 123 Å². The molecule has 0 bridgehead atoms. The molecule has 2 aromatic rings. The van der Waals surface area contributed by atoms with Crippen molar-refractivity contribution in [3.63, 3.8) is 0 Å². The molecule has 0 saturated heterocycles. The van der Waals surface area contributed by atoms with Crippen molar-refractivity contribution in [2.24, 2.45) is 0 Å². The smallest absolute Gasteiger partial charge is 0.304 e. The second kappa shape index (κ2) is 6.34. The van der Waals surface area contributed by atoms with Crippen LogP contribution >= 0.6 is 27.7 Å². The molecule has 0 saturated carbocycles. The summed E-state index contributed by atoms with van der Waals surface area (Å²) in [6, 6.07) is 5.86. The Balaban J connectivity index is 2.37. The van der Waals surface area contributed by atoms with Crippen LogP contribution < -0.4 is 0 Å². The standard InChI is InChI=1S/C13H13BrN2O2S/c1-2-11-15-10-7-8(14)3-4-9(10)13(16-11)19-6-5-12(17)18/h3-4,7H,2,5-6H2,1H3,(H,17,18). The zero-order chi connectivity index (χ0) is 13.8. The van der Waals surface area contributed by atoms with E-state index in [9.17, 15) is 4.79 Å². The Kier molecular flexibility index (Phi) is 4.76. The van der Waals surface area contributed by atoms with Gasteiger partial charge in [-0.2, -0.15) is 0 Å². The van der Waals surface area contributed by atoms with Crippen LogP contribution in [0.25, 0.3) is 10.9 Å². The summed E-state index contributed by atoms with van der Waals surface area (Å²) in [6.07, 6.45) is 0.892. The Bertz CT molecular complexity index is 619. The van der Waals surface area contributed by atoms with Crippen LogP contribution in [-0.2, 0) is 11.2 Å². The fourth-order valence-corrected chi connectivity index (χ4v) is 2.94. The van der Waals surface area contributed by atoms with Crippen LogP contribution in [0.15, 0.2) is 27.7 Å². The van der Waals surface area contributed by atoms with Gasteiger partial charge < -0.3 is 5.11 Å². The van der Waals surface area contributed by atoms with Gasteiger partial charge in [0.05, 0.1) is 11.9 Å². The van der Waals surface area contributed by atoms with Crippen molar-refractivity contribution >= 4 is 44.6 Å². The maximum Gasteiger partial charge on any atom is 0.304 e. The number of aromatic nitrogens is 2. The highest BCUT2D eigenvalue weighted by atomic mass is 79.9. The fourth-order valence-electron chi connectivity index (χ4n) is 1.62. The molecule has 6 heteroatoms. The number of carbonyl (C=O) groups is 1. The molecule has 0 aliphatic heterocycles. The number of halogens is 1. The zero-order valence-electron chi connectivity index (χ0n) is 10.4. The summed E-state index contributed by atoms with van der Waals surface area (Å²) >= 11 is 4.90. The first-order chi connectivity index (χ1) is 9.10. The Morgan fingerprint density at radius 3 is 2.89 bits per heavy atom. The minimum atomic E-state index is -0.788. The van der Waals surface area contributed by atoms with Gasteiger partial charge in [0.15, 0.2) is 0 Å². The number of nitrogens with zero attached hydrogens (tertiary/aromatic N) is 2. The molecule has 0 radical (unpaired) electrons. The molecule has 0 atom stereocenters. The maximum absolute atomic E-state index is 10.6. The van der Waals surface area contributed by atoms with Crippen LogP contribution in [-0.4, -0.2) is 26.8 Å². The van der Waals surface area contributed by atoms with Gasteiger partial charge in [0, 0.05) is 22.0 Å². The average molecular weight is 341 g/mol. The molecule has 0 aliphatic rings. The number of rotatable bonds is 5. The van der Waals surface area contributed by atoms with E-state index in [2.05, 4.69) is 25.9 Å². The third-order valence-corrected chi connectivity index (χ3v) is 4.03. The van der Waals surface area contributed by atoms with Gasteiger partial charge in [-0.1, -0.05) is 22.9 Å². The van der Waals surface area contributed by atoms with Gasteiger partial charge in [0.25, 0.3) is 0 Å². The number of carboxylic acids is 1. The quantitative estimate of drug-likeness (QED) is 0.666. The maximum atomic E-state index is 10.6. The predicted molar refractivity (Wildman–Crippen MR) is 79.6 cm³/mol. The van der Waals surface area contributed by atoms with Crippen LogP contribution in [0.3, 0.4) is 0 Å². The fraction of sp³-hybridized carbons (Fsp3) is 0.308. The number of carboxylic acid groups (broad SMARTS) is 1. The molecule has 0 fully saturated rings. The second-order valence-corrected chi connectivity index (χ2v) is 5.95. The normalized spacial score (nSPS) is 10.8. The number of hydrogen-bond acceptors (Lipinski definition) is 4. The lowest BCUT2D eigenvalue weighted by molar-refractivity contribution is -0.136. The van der Waals surface area contributed by atoms with Crippen molar-refractivity contribution in [2.75, 3.05) is 5.75 Å². The molecule has 1 N–H and O–H groups in total. The monoisotopic (exact) mass is 340 g/mol. The number of thioether (sulfide) groups is 1. The van der Waals surface area contributed by atoms with E-state index in [1.54, 1.807) is 0 Å². The van der Waals surface area contributed by atoms with Gasteiger partial charge in [-0.05, 0) is 18.2 Å². The first-order valence-corrected chi connectivity index (χ1v) is 7.68. The molecule has 2 rings (SSSR count). The summed E-state index contributed by atoms with van der Waals surface area (Å²) in [4.78, 5) is 19.5. The molecule has 1 heterocycles. The molecule has 0 unspecified atom stereocenters. The van der Waals surface area contributed by atoms with Crippen molar-refractivity contribution in [1.82, 2.24) is 9.97 Å². The van der Waals surface area contributed by atoms with Crippen LogP contribution in [0, 0.1) is 0 Å². The molecule has 0 amide bonds. The molecule has 100 valence electrons. The number of aliphatic carboxylic acids is 1. The molecular weight excluding hydrogens is 328 g/mol. The summed E-state index contributed by atoms with van der Waals surface area (Å²) in [6.45, 7) is 2.00. The van der Waals surface area contributed by atoms with E-state index < -0.39 is 5.97 Å². The van der Waals surface area contributed by atoms with Crippen molar-refractivity contribution in [2.45, 2.75) is 24.8 Å². The molecule has 1 aromatic carbocycles. The van der Waals surface area contributed by atoms with Crippen molar-refractivity contribution < 1.29 is 9.90 Å². The molecule has 0 aliphatic carbocycles. The van der Waals surface area contributed by atoms with Gasteiger partial charge in [-0.25, -0.2) is 9.97 Å². The molecule has 19 heavy (non-hydrogen) atoms. The Morgan fingerprint density at radius 1 is 1.42 bits per heavy atom. The van der Waals surface area contributed by atoms with Gasteiger partial charge in [0.1, 0.15) is 10.9 Å². The minimum absolute atomic E-state index is 0.133. The second-order valence-electron chi connectivity index (χ2n) is 3.95. The van der Waals surface area contributed by atoms with E-state index in [1.165, 1.54) is 11.8 Å². The average Bonchev–Trinajstić information content (AvgIpc) is 2.37. The van der Waals surface area contributed by atoms with Gasteiger partial charge in [-0.3, -0.25) is 4.79 Å². The largest absolute Gasteiger partial charge is 0.481 e. The summed E-state index contributed by atoms with van der Waals surface area (Å²) in [7, 11) is 0. The number of benzene rings is 1. The summed E-state index contributed by atoms with van der Waals surface area (Å²) in [5.74, 6) is 0.508. The molecule has 4 nitrogen and oxygen atoms in total. The van der Waals surface area contributed by atoms with Crippen molar-refractivity contribution in [3.05, 3.63) is 28.5 Å². The van der Waals surface area contributed by atoms with Gasteiger partial charge in [-0.15, -0.1) is 11.8 Å². The summed E-state index contributed by atoms with van der Waals surface area (Å²) < 4.78 is 0.974. The van der Waals surface area contributed by atoms with E-state index in [0.717, 1.165) is 32.6 Å². The first-order valence-electron chi connectivity index (χ1n) is 5.91. The number of fused-ring (bicyclic) bond motifs is 1. The van der Waals surface area contributed by atoms with E-state index in [0.29, 0.717) is 5.75 Å². The van der Waals surface area contributed by atoms with Crippen LogP contribution in [0.4, 0.5) is 0 Å². The van der Waals surface area contributed by atoms with Crippen molar-refractivity contribution in [3.8, 4) is 0 Å². The lowest BCUT2D eigenvalue weighted by Crippen LogP contribution is -1.99. The number of aryl methyl sites for hydroxylation is 1. The zero-order valence-corrected chi connectivity index (χ0v) is 12.8. The lowest BCUT2D eigenvalue weighted by atomic mass is 10.2. The van der Waals surface area contributed by atoms with E-state index >= 15 is 0 Å². The first kappa shape index (κ1) is 14.3. The summed E-state index contributed by atoms with van der Waals surface area (Å²) in [5.41, 5.74) is 0.888. The SMILES string of the molecule is CCc1nc(SCCC(=O)O)c2ccc(Br)cc2n1. The van der Waals surface area contributed by atoms with E-state index in [4.69, 9.17) is 5.11 Å². The van der Waals surface area contributed by atoms with Crippen LogP contribution in [0.2, 0.25) is 0 Å². The third kappa shape index (κ3) is 3.67. The van der Waals surface area contributed by atoms with Crippen LogP contribution in [0.5, 0.6) is 0 Å². The third-order valence-electron chi connectivity index (χ3n) is 2.54. The van der Waals surface area contributed by atoms with E-state index in [-0.39, 0.29) is 6.42 Å². The van der Waals surface area contributed by atoms with Gasteiger partial charge in [0.2, 0.25) is 0 Å². The van der Waals surface area contributed by atoms with Crippen LogP contribution in [0.1, 0.15) is 19.2 Å². The van der Waals surface area contributed by atoms with Gasteiger partial charge >= 0.3 is 5.97 Å². The molecule has 1 aromatic heterocycles. The minimum Gasteiger partial charge on any atom is -0.481 e. The number of hydrogen-bond donors (Lipinski definition) is 1. The highest BCUT2D eigenvalue weighted by Gasteiger charge is 2.09. The molecule has 0 spiro atoms. The topological polar surface area (TPSA) is 63.1 Å². The predicted octanol–water partition coefficient (Wildman–Crippen LogP) is 3.52. The Morgan fingerprint density at radius 2 is 2.21 bits per heavy atom. The van der Waals surface area contributed by atoms with E-state index in [1.807, 2.05) is 25.1 Å². The summed E-state index contributed by atoms with van der Waals surface area (Å²) in [5, 5.41) is 10.5.